The van der Waals surface area contributed by atoms with Crippen molar-refractivity contribution in [2.24, 2.45) is 0 Å². The molecule has 0 aromatic heterocycles. The van der Waals surface area contributed by atoms with Crippen LogP contribution in [0.25, 0.3) is 11.1 Å². The van der Waals surface area contributed by atoms with E-state index in [2.05, 4.69) is 17.4 Å². The summed E-state index contributed by atoms with van der Waals surface area (Å²) in [6.07, 6.45) is 0. The molecular weight excluding hydrogens is 426 g/mol. The molecule has 0 aliphatic carbocycles. The molecular formula is C25H25NO5S. The Kier molecular flexibility index (Phi) is 7.19. The molecule has 3 aromatic rings. The first-order valence-electron chi connectivity index (χ1n) is 10.3. The lowest BCUT2D eigenvalue weighted by Crippen LogP contribution is -2.33. The summed E-state index contributed by atoms with van der Waals surface area (Å²) in [5, 5.41) is 12.2. The molecule has 0 spiro atoms. The second-order valence-corrected chi connectivity index (χ2v) is 8.35. The third-order valence-electron chi connectivity index (χ3n) is 5.15. The van der Waals surface area contributed by atoms with Crippen molar-refractivity contribution in [3.63, 3.8) is 0 Å². The van der Waals surface area contributed by atoms with E-state index in [0.717, 1.165) is 22.4 Å². The zero-order chi connectivity index (χ0) is 22.3. The van der Waals surface area contributed by atoms with Gasteiger partial charge in [-0.05, 0) is 17.7 Å². The summed E-state index contributed by atoms with van der Waals surface area (Å²) in [6, 6.07) is 23.1. The van der Waals surface area contributed by atoms with Gasteiger partial charge in [0, 0.05) is 16.9 Å². The summed E-state index contributed by atoms with van der Waals surface area (Å²) >= 11 is 1.54. The predicted molar refractivity (Wildman–Crippen MR) is 126 cm³/mol. The quantitative estimate of drug-likeness (QED) is 0.460. The van der Waals surface area contributed by atoms with Crippen LogP contribution in [-0.2, 0) is 4.79 Å². The predicted octanol–water partition coefficient (Wildman–Crippen LogP) is 4.61. The van der Waals surface area contributed by atoms with Crippen molar-refractivity contribution in [3.05, 3.63) is 78.4 Å². The molecule has 2 unspecified atom stereocenters. The number of carboxylic acids is 1. The maximum absolute atomic E-state index is 11.3. The Labute approximate surface area is 191 Å². The van der Waals surface area contributed by atoms with Crippen molar-refractivity contribution in [3.8, 4) is 28.4 Å². The van der Waals surface area contributed by atoms with Crippen molar-refractivity contribution < 1.29 is 24.1 Å². The van der Waals surface area contributed by atoms with Crippen molar-refractivity contribution in [1.82, 2.24) is 5.32 Å². The highest BCUT2D eigenvalue weighted by atomic mass is 32.2. The third-order valence-corrected chi connectivity index (χ3v) is 6.40. The summed E-state index contributed by atoms with van der Waals surface area (Å²) in [7, 11) is 1.59. The smallest absolute Gasteiger partial charge is 0.321 e. The Bertz CT molecular complexity index is 1060. The van der Waals surface area contributed by atoms with Crippen LogP contribution in [0.15, 0.2) is 72.8 Å². The largest absolute Gasteiger partial charge is 0.493 e. The first-order chi connectivity index (χ1) is 15.7. The normalized spacial score (nSPS) is 17.7. The fraction of sp³-hybridized carbons (Fsp3) is 0.240. The number of hydrogen-bond acceptors (Lipinski definition) is 6. The second kappa shape index (κ2) is 10.4. The minimum atomic E-state index is -0.851. The number of nitrogens with one attached hydrogen (secondary N) is 1. The summed E-state index contributed by atoms with van der Waals surface area (Å²) in [6.45, 7) is 0.667. The van der Waals surface area contributed by atoms with Gasteiger partial charge in [0.05, 0.1) is 12.5 Å². The van der Waals surface area contributed by atoms with Gasteiger partial charge >= 0.3 is 5.97 Å². The highest BCUT2D eigenvalue weighted by Crippen LogP contribution is 2.42. The molecule has 1 heterocycles. The lowest BCUT2D eigenvalue weighted by atomic mass is 10.1. The maximum atomic E-state index is 11.3. The summed E-state index contributed by atoms with van der Waals surface area (Å²) in [4.78, 5) is 11.3. The van der Waals surface area contributed by atoms with Gasteiger partial charge in [-0.2, -0.15) is 0 Å². The van der Waals surface area contributed by atoms with Crippen LogP contribution < -0.4 is 19.5 Å². The van der Waals surface area contributed by atoms with Crippen molar-refractivity contribution in [2.45, 2.75) is 11.4 Å². The van der Waals surface area contributed by atoms with Crippen molar-refractivity contribution in [2.75, 3.05) is 26.1 Å². The van der Waals surface area contributed by atoms with Crippen LogP contribution in [0, 0.1) is 0 Å². The highest BCUT2D eigenvalue weighted by molar-refractivity contribution is 7.99. The molecule has 1 aliphatic heterocycles. The number of thioether (sulfide) groups is 1. The Morgan fingerprint density at radius 2 is 1.69 bits per heavy atom. The molecule has 166 valence electrons. The Morgan fingerprint density at radius 3 is 2.44 bits per heavy atom. The Morgan fingerprint density at radius 1 is 0.969 bits per heavy atom. The van der Waals surface area contributed by atoms with Crippen LogP contribution >= 0.6 is 11.8 Å². The lowest BCUT2D eigenvalue weighted by molar-refractivity contribution is -0.138. The number of aliphatic carboxylic acids is 1. The molecule has 0 amide bonds. The van der Waals surface area contributed by atoms with E-state index in [0.29, 0.717) is 30.5 Å². The average molecular weight is 452 g/mol. The zero-order valence-electron chi connectivity index (χ0n) is 17.7. The lowest BCUT2D eigenvalue weighted by Gasteiger charge is -2.19. The van der Waals surface area contributed by atoms with E-state index >= 15 is 0 Å². The summed E-state index contributed by atoms with van der Waals surface area (Å²) in [5.41, 5.74) is 2.98. The number of rotatable bonds is 9. The van der Waals surface area contributed by atoms with Crippen LogP contribution in [-0.4, -0.2) is 43.2 Å². The maximum Gasteiger partial charge on any atom is 0.321 e. The number of hydrogen-bond donors (Lipinski definition) is 2. The molecule has 0 saturated carbocycles. The molecule has 4 rings (SSSR count). The monoisotopic (exact) mass is 451 g/mol. The van der Waals surface area contributed by atoms with Crippen LogP contribution in [0.1, 0.15) is 10.9 Å². The molecule has 2 N–H and O–H groups in total. The number of methoxy groups -OCH3 is 1. The van der Waals surface area contributed by atoms with Gasteiger partial charge in [-0.15, -0.1) is 11.8 Å². The molecule has 1 fully saturated rings. The molecule has 0 bridgehead atoms. The second-order valence-electron chi connectivity index (χ2n) is 7.21. The molecule has 1 saturated heterocycles. The fourth-order valence-corrected chi connectivity index (χ4v) is 4.84. The van der Waals surface area contributed by atoms with Gasteiger partial charge < -0.3 is 19.3 Å². The molecule has 3 aromatic carbocycles. The number of carbonyl (C=O) groups is 1. The standard InChI is InChI=1S/C25H25NO5S/c1-29-22-13-7-11-19(24-26-20(16-32-24)25(27)28)23(22)31-15-14-30-21-12-6-5-10-18(21)17-8-3-2-4-9-17/h2-13,20,24,26H,14-16H2,1H3,(H,27,28). The first-order valence-corrected chi connectivity index (χ1v) is 11.4. The minimum absolute atomic E-state index is 0.180. The zero-order valence-corrected chi connectivity index (χ0v) is 18.5. The van der Waals surface area contributed by atoms with Crippen LogP contribution in [0.3, 0.4) is 0 Å². The van der Waals surface area contributed by atoms with Crippen LogP contribution in [0.4, 0.5) is 0 Å². The number of ether oxygens (including phenoxy) is 3. The van der Waals surface area contributed by atoms with Gasteiger partial charge in [-0.1, -0.05) is 60.7 Å². The third kappa shape index (κ3) is 5.00. The van der Waals surface area contributed by atoms with Crippen LogP contribution in [0.5, 0.6) is 17.2 Å². The number of carboxylic acid groups (broad SMARTS) is 1. The van der Waals surface area contributed by atoms with Crippen molar-refractivity contribution in [1.29, 1.82) is 0 Å². The van der Waals surface area contributed by atoms with E-state index in [1.54, 1.807) is 18.9 Å². The van der Waals surface area contributed by atoms with E-state index in [4.69, 9.17) is 14.2 Å². The Hall–Kier alpha value is -3.16. The summed E-state index contributed by atoms with van der Waals surface area (Å²) in [5.74, 6) is 1.64. The van der Waals surface area contributed by atoms with Gasteiger partial charge in [0.2, 0.25) is 0 Å². The van der Waals surface area contributed by atoms with E-state index in [1.807, 2.05) is 60.7 Å². The van der Waals surface area contributed by atoms with Crippen molar-refractivity contribution >= 4 is 17.7 Å². The Balaban J connectivity index is 1.44. The van der Waals surface area contributed by atoms with Gasteiger partial charge in [0.25, 0.3) is 0 Å². The number of benzene rings is 3. The van der Waals surface area contributed by atoms with E-state index in [9.17, 15) is 9.90 Å². The molecule has 6 nitrogen and oxygen atoms in total. The fourth-order valence-electron chi connectivity index (χ4n) is 3.59. The molecule has 0 radical (unpaired) electrons. The molecule has 1 aliphatic rings. The molecule has 2 atom stereocenters. The minimum Gasteiger partial charge on any atom is -0.493 e. The first kappa shape index (κ1) is 22.0. The highest BCUT2D eigenvalue weighted by Gasteiger charge is 2.32. The SMILES string of the molecule is COc1cccc(C2NC(C(=O)O)CS2)c1OCCOc1ccccc1-c1ccccc1. The van der Waals surface area contributed by atoms with Gasteiger partial charge in [0.15, 0.2) is 11.5 Å². The average Bonchev–Trinajstić information content (AvgIpc) is 3.33. The topological polar surface area (TPSA) is 77.0 Å². The van der Waals surface area contributed by atoms with Gasteiger partial charge in [0.1, 0.15) is 25.0 Å². The van der Waals surface area contributed by atoms with Gasteiger partial charge in [-0.25, -0.2) is 0 Å². The number of para-hydroxylation sites is 2. The van der Waals surface area contributed by atoms with Crippen LogP contribution in [0.2, 0.25) is 0 Å². The van der Waals surface area contributed by atoms with E-state index < -0.39 is 12.0 Å². The molecule has 7 heteroatoms. The van der Waals surface area contributed by atoms with E-state index in [-0.39, 0.29) is 5.37 Å². The van der Waals surface area contributed by atoms with Gasteiger partial charge in [-0.3, -0.25) is 10.1 Å². The van der Waals surface area contributed by atoms with E-state index in [1.165, 1.54) is 0 Å². The molecule has 32 heavy (non-hydrogen) atoms. The summed E-state index contributed by atoms with van der Waals surface area (Å²) < 4.78 is 17.6.